The molecule has 4 heteroatoms. The molecule has 0 heterocycles. The van der Waals surface area contributed by atoms with E-state index in [-0.39, 0.29) is 6.10 Å². The van der Waals surface area contributed by atoms with Crippen molar-refractivity contribution in [2.75, 3.05) is 11.9 Å². The van der Waals surface area contributed by atoms with Crippen molar-refractivity contribution in [3.63, 3.8) is 0 Å². The van der Waals surface area contributed by atoms with Gasteiger partial charge in [-0.2, -0.15) is 5.26 Å². The standard InChI is InChI=1S/C14H17FN2O/c15-12-5-11(8-16)6-13(7-12)17-9-10-1-3-14(18)4-2-10/h5-7,10,14,17-18H,1-4,9H2. The quantitative estimate of drug-likeness (QED) is 0.864. The summed E-state index contributed by atoms with van der Waals surface area (Å²) in [6.45, 7) is 0.765. The van der Waals surface area contributed by atoms with Crippen molar-refractivity contribution in [2.45, 2.75) is 31.8 Å². The predicted molar refractivity (Wildman–Crippen MR) is 67.6 cm³/mol. The number of nitrogens with one attached hydrogen (secondary N) is 1. The summed E-state index contributed by atoms with van der Waals surface area (Å²) in [5.74, 6) is 0.123. The van der Waals surface area contributed by atoms with Crippen LogP contribution in [-0.4, -0.2) is 17.8 Å². The maximum atomic E-state index is 13.2. The molecule has 1 aromatic carbocycles. The Kier molecular flexibility index (Phi) is 4.16. The van der Waals surface area contributed by atoms with Crippen LogP contribution in [0.1, 0.15) is 31.2 Å². The fourth-order valence-corrected chi connectivity index (χ4v) is 2.37. The molecule has 1 fully saturated rings. The highest BCUT2D eigenvalue weighted by Gasteiger charge is 2.18. The van der Waals surface area contributed by atoms with Crippen LogP contribution in [0, 0.1) is 23.1 Å². The molecule has 0 atom stereocenters. The summed E-state index contributed by atoms with van der Waals surface area (Å²) in [6, 6.07) is 6.22. The predicted octanol–water partition coefficient (Wildman–Crippen LogP) is 2.66. The third-order valence-corrected chi connectivity index (χ3v) is 3.44. The van der Waals surface area contributed by atoms with Gasteiger partial charge in [0.05, 0.1) is 17.7 Å². The summed E-state index contributed by atoms with van der Waals surface area (Å²) >= 11 is 0. The summed E-state index contributed by atoms with van der Waals surface area (Å²) in [4.78, 5) is 0. The number of rotatable bonds is 3. The van der Waals surface area contributed by atoms with E-state index in [1.807, 2.05) is 6.07 Å². The number of benzene rings is 1. The maximum Gasteiger partial charge on any atom is 0.126 e. The average molecular weight is 248 g/mol. The number of nitriles is 1. The van der Waals surface area contributed by atoms with Crippen LogP contribution in [-0.2, 0) is 0 Å². The minimum atomic E-state index is -0.393. The van der Waals surface area contributed by atoms with Gasteiger partial charge in [0, 0.05) is 12.2 Å². The molecule has 3 nitrogen and oxygen atoms in total. The number of anilines is 1. The van der Waals surface area contributed by atoms with Crippen molar-refractivity contribution in [3.8, 4) is 6.07 Å². The Morgan fingerprint density at radius 1 is 1.28 bits per heavy atom. The van der Waals surface area contributed by atoms with Gasteiger partial charge in [-0.15, -0.1) is 0 Å². The molecular weight excluding hydrogens is 231 g/mol. The first-order chi connectivity index (χ1) is 8.67. The van der Waals surface area contributed by atoms with E-state index in [2.05, 4.69) is 5.32 Å². The molecule has 2 N–H and O–H groups in total. The molecule has 0 aromatic heterocycles. The lowest BCUT2D eigenvalue weighted by Crippen LogP contribution is -2.23. The van der Waals surface area contributed by atoms with Gasteiger partial charge in [0.15, 0.2) is 0 Å². The van der Waals surface area contributed by atoms with Gasteiger partial charge in [0.1, 0.15) is 5.82 Å². The lowest BCUT2D eigenvalue weighted by molar-refractivity contribution is 0.111. The number of aliphatic hydroxyl groups excluding tert-OH is 1. The summed E-state index contributed by atoms with van der Waals surface area (Å²) < 4.78 is 13.2. The van der Waals surface area contributed by atoms with Gasteiger partial charge in [-0.1, -0.05) is 0 Å². The molecule has 2 rings (SSSR count). The molecule has 0 spiro atoms. The summed E-state index contributed by atoms with van der Waals surface area (Å²) in [7, 11) is 0. The van der Waals surface area contributed by atoms with Crippen LogP contribution in [0.15, 0.2) is 18.2 Å². The van der Waals surface area contributed by atoms with Crippen LogP contribution in [0.3, 0.4) is 0 Å². The minimum absolute atomic E-state index is 0.152. The molecule has 1 aromatic rings. The molecule has 0 radical (unpaired) electrons. The van der Waals surface area contributed by atoms with E-state index in [0.29, 0.717) is 17.2 Å². The van der Waals surface area contributed by atoms with Gasteiger partial charge in [-0.3, -0.25) is 0 Å². The molecule has 0 bridgehead atoms. The van der Waals surface area contributed by atoms with E-state index in [0.717, 1.165) is 32.2 Å². The van der Waals surface area contributed by atoms with Gasteiger partial charge in [0.2, 0.25) is 0 Å². The van der Waals surface area contributed by atoms with E-state index in [1.165, 1.54) is 12.1 Å². The van der Waals surface area contributed by atoms with Gasteiger partial charge < -0.3 is 10.4 Å². The van der Waals surface area contributed by atoms with E-state index in [9.17, 15) is 9.50 Å². The van der Waals surface area contributed by atoms with Crippen LogP contribution >= 0.6 is 0 Å². The molecule has 0 unspecified atom stereocenters. The van der Waals surface area contributed by atoms with Crippen molar-refractivity contribution in [1.29, 1.82) is 5.26 Å². The van der Waals surface area contributed by atoms with Crippen molar-refractivity contribution in [1.82, 2.24) is 0 Å². The number of hydrogen-bond acceptors (Lipinski definition) is 3. The van der Waals surface area contributed by atoms with Gasteiger partial charge >= 0.3 is 0 Å². The molecule has 1 aliphatic carbocycles. The Morgan fingerprint density at radius 2 is 2.00 bits per heavy atom. The molecule has 0 aliphatic heterocycles. The largest absolute Gasteiger partial charge is 0.393 e. The number of aliphatic hydroxyl groups is 1. The van der Waals surface area contributed by atoms with E-state index in [1.54, 1.807) is 6.07 Å². The van der Waals surface area contributed by atoms with Crippen LogP contribution in [0.4, 0.5) is 10.1 Å². The molecule has 96 valence electrons. The Bertz CT molecular complexity index is 448. The smallest absolute Gasteiger partial charge is 0.126 e. The second-order valence-corrected chi connectivity index (χ2v) is 4.90. The first-order valence-electron chi connectivity index (χ1n) is 6.30. The van der Waals surface area contributed by atoms with E-state index in [4.69, 9.17) is 5.26 Å². The summed E-state index contributed by atoms with van der Waals surface area (Å²) in [6.07, 6.45) is 3.53. The first-order valence-corrected chi connectivity index (χ1v) is 6.30. The molecule has 0 saturated heterocycles. The summed E-state index contributed by atoms with van der Waals surface area (Å²) in [5.41, 5.74) is 0.981. The highest BCUT2D eigenvalue weighted by molar-refractivity contribution is 5.49. The zero-order valence-electron chi connectivity index (χ0n) is 10.2. The Hall–Kier alpha value is -1.60. The zero-order valence-corrected chi connectivity index (χ0v) is 10.2. The number of hydrogen-bond donors (Lipinski definition) is 2. The van der Waals surface area contributed by atoms with Crippen molar-refractivity contribution in [2.24, 2.45) is 5.92 Å². The molecule has 1 aliphatic rings. The highest BCUT2D eigenvalue weighted by atomic mass is 19.1. The van der Waals surface area contributed by atoms with Gasteiger partial charge in [-0.25, -0.2) is 4.39 Å². The lowest BCUT2D eigenvalue weighted by Gasteiger charge is -2.25. The molecule has 1 saturated carbocycles. The fraction of sp³-hybridized carbons (Fsp3) is 0.500. The SMILES string of the molecule is N#Cc1cc(F)cc(NCC2CCC(O)CC2)c1. The van der Waals surface area contributed by atoms with Gasteiger partial charge in [0.25, 0.3) is 0 Å². The zero-order chi connectivity index (χ0) is 13.0. The Labute approximate surface area is 106 Å². The minimum Gasteiger partial charge on any atom is -0.393 e. The lowest BCUT2D eigenvalue weighted by atomic mass is 9.87. The fourth-order valence-electron chi connectivity index (χ4n) is 2.37. The van der Waals surface area contributed by atoms with Crippen LogP contribution in [0.5, 0.6) is 0 Å². The van der Waals surface area contributed by atoms with Gasteiger partial charge in [-0.05, 0) is 49.8 Å². The van der Waals surface area contributed by atoms with Crippen LogP contribution < -0.4 is 5.32 Å². The van der Waals surface area contributed by atoms with E-state index < -0.39 is 5.82 Å². The average Bonchev–Trinajstić information content (AvgIpc) is 2.37. The monoisotopic (exact) mass is 248 g/mol. The van der Waals surface area contributed by atoms with Crippen LogP contribution in [0.25, 0.3) is 0 Å². The number of halogens is 1. The Morgan fingerprint density at radius 3 is 2.67 bits per heavy atom. The summed E-state index contributed by atoms with van der Waals surface area (Å²) in [5, 5.41) is 21.3. The van der Waals surface area contributed by atoms with Crippen molar-refractivity contribution < 1.29 is 9.50 Å². The number of nitrogens with zero attached hydrogens (tertiary/aromatic N) is 1. The third kappa shape index (κ3) is 3.44. The topological polar surface area (TPSA) is 56.0 Å². The van der Waals surface area contributed by atoms with Crippen molar-refractivity contribution >= 4 is 5.69 Å². The van der Waals surface area contributed by atoms with Crippen LogP contribution in [0.2, 0.25) is 0 Å². The second kappa shape index (κ2) is 5.83. The first kappa shape index (κ1) is 12.8. The van der Waals surface area contributed by atoms with Crippen molar-refractivity contribution in [3.05, 3.63) is 29.6 Å². The molecule has 18 heavy (non-hydrogen) atoms. The van der Waals surface area contributed by atoms with E-state index >= 15 is 0 Å². The normalized spacial score (nSPS) is 23.4. The second-order valence-electron chi connectivity index (χ2n) is 4.90. The third-order valence-electron chi connectivity index (χ3n) is 3.44. The highest BCUT2D eigenvalue weighted by Crippen LogP contribution is 2.24. The molecular formula is C14H17FN2O. The molecule has 0 amide bonds. The maximum absolute atomic E-state index is 13.2. The Balaban J connectivity index is 1.90.